The lowest BCUT2D eigenvalue weighted by Crippen LogP contribution is -2.59. The lowest BCUT2D eigenvalue weighted by Gasteiger charge is -2.39. The van der Waals surface area contributed by atoms with Crippen LogP contribution in [-0.4, -0.2) is 94.1 Å². The molecule has 2 fully saturated rings. The molecule has 2 aliphatic rings. The summed E-state index contributed by atoms with van der Waals surface area (Å²) in [6.45, 7) is -1.02. The molecule has 160 valence electrons. The number of nitrogens with zero attached hydrogens (tertiary/aromatic N) is 1. The van der Waals surface area contributed by atoms with Crippen LogP contribution in [0.4, 0.5) is 0 Å². The molecule has 13 heteroatoms. The zero-order valence-electron chi connectivity index (χ0n) is 14.7. The fourth-order valence-electron chi connectivity index (χ4n) is 2.69. The summed E-state index contributed by atoms with van der Waals surface area (Å²) in [5.41, 5.74) is 0. The lowest BCUT2D eigenvalue weighted by atomic mass is 9.99. The van der Waals surface area contributed by atoms with Gasteiger partial charge in [-0.3, -0.25) is 19.6 Å². The topological polar surface area (TPSA) is 195 Å². The number of esters is 3. The van der Waals surface area contributed by atoms with Crippen molar-refractivity contribution in [1.82, 2.24) is 5.23 Å². The van der Waals surface area contributed by atoms with E-state index < -0.39 is 73.4 Å². The summed E-state index contributed by atoms with van der Waals surface area (Å²) in [5, 5.41) is 48.1. The quantitative estimate of drug-likeness (QED) is 0.186. The Balaban J connectivity index is 1.85. The van der Waals surface area contributed by atoms with Crippen LogP contribution in [0.25, 0.3) is 0 Å². The van der Waals surface area contributed by atoms with Crippen molar-refractivity contribution in [1.29, 1.82) is 0 Å². The van der Waals surface area contributed by atoms with Gasteiger partial charge >= 0.3 is 17.9 Å². The van der Waals surface area contributed by atoms with Gasteiger partial charge in [0.1, 0.15) is 31.0 Å². The van der Waals surface area contributed by atoms with Crippen LogP contribution < -0.4 is 0 Å². The largest absolute Gasteiger partial charge is 0.762 e. The molecule has 13 nitrogen and oxygen atoms in total. The van der Waals surface area contributed by atoms with Crippen LogP contribution in [0, 0.1) is 11.1 Å². The second-order valence-electron chi connectivity index (χ2n) is 6.47. The number of carbonyl (C=O) groups is 3. The summed E-state index contributed by atoms with van der Waals surface area (Å²) >= 11 is 0. The Morgan fingerprint density at radius 2 is 1.89 bits per heavy atom. The van der Waals surface area contributed by atoms with E-state index in [0.717, 1.165) is 0 Å². The van der Waals surface area contributed by atoms with Crippen molar-refractivity contribution < 1.29 is 53.9 Å². The van der Waals surface area contributed by atoms with Crippen molar-refractivity contribution >= 4 is 17.9 Å². The van der Waals surface area contributed by atoms with Crippen molar-refractivity contribution in [2.75, 3.05) is 19.8 Å². The molecule has 2 heterocycles. The molecule has 2 saturated heterocycles. The van der Waals surface area contributed by atoms with Crippen LogP contribution in [0.15, 0.2) is 0 Å². The Labute approximate surface area is 158 Å². The van der Waals surface area contributed by atoms with Gasteiger partial charge in [0.2, 0.25) is 6.29 Å². The first-order valence-electron chi connectivity index (χ1n) is 8.51. The molecular weight excluding hydrogens is 386 g/mol. The van der Waals surface area contributed by atoms with E-state index in [-0.39, 0.29) is 25.4 Å². The second-order valence-corrected chi connectivity index (χ2v) is 6.47. The minimum absolute atomic E-state index is 0.0533. The van der Waals surface area contributed by atoms with E-state index in [4.69, 9.17) is 24.2 Å². The van der Waals surface area contributed by atoms with Gasteiger partial charge in [-0.05, 0) is 0 Å². The maximum Gasteiger partial charge on any atom is 0.308 e. The van der Waals surface area contributed by atoms with Gasteiger partial charge in [-0.25, -0.2) is 0 Å². The highest BCUT2D eigenvalue weighted by Gasteiger charge is 2.46. The van der Waals surface area contributed by atoms with Crippen molar-refractivity contribution in [2.45, 2.75) is 50.0 Å². The number of cyclic esters (lactones) is 1. The number of hydrogen-bond acceptors (Lipinski definition) is 13. The molecular formula is C15H22NO12-. The molecule has 0 spiro atoms. The van der Waals surface area contributed by atoms with Crippen LogP contribution >= 0.6 is 0 Å². The molecule has 2 rings (SSSR count). The van der Waals surface area contributed by atoms with Crippen LogP contribution in [0.5, 0.6) is 0 Å². The molecule has 0 aromatic heterocycles. The van der Waals surface area contributed by atoms with Gasteiger partial charge in [0, 0.05) is 12.5 Å². The van der Waals surface area contributed by atoms with Gasteiger partial charge < -0.3 is 44.7 Å². The molecule has 4 N–H and O–H groups in total. The minimum atomic E-state index is -1.75. The smallest absolute Gasteiger partial charge is 0.308 e. The SMILES string of the molecule is O=C(CCN([O-])O)OC[C@H]1O[C@@H](OC(=O)C[C@H]2COC(=O)C2)[C@H](O)[C@@H](O)[C@@H]1O. The van der Waals surface area contributed by atoms with Gasteiger partial charge in [0.05, 0.1) is 25.9 Å². The Morgan fingerprint density at radius 3 is 2.50 bits per heavy atom. The fourth-order valence-corrected chi connectivity index (χ4v) is 2.69. The van der Waals surface area contributed by atoms with Crippen LogP contribution in [-0.2, 0) is 33.3 Å². The first-order chi connectivity index (χ1) is 13.2. The summed E-state index contributed by atoms with van der Waals surface area (Å²) in [4.78, 5) is 34.4. The first kappa shape index (κ1) is 22.4. The molecule has 28 heavy (non-hydrogen) atoms. The number of hydroxylamine groups is 2. The molecule has 0 amide bonds. The fraction of sp³-hybridized carbons (Fsp3) is 0.800. The molecule has 6 atom stereocenters. The van der Waals surface area contributed by atoms with Gasteiger partial charge in [0.15, 0.2) is 0 Å². The Bertz CT molecular complexity index is 569. The van der Waals surface area contributed by atoms with E-state index in [2.05, 4.69) is 0 Å². The Kier molecular flexibility index (Phi) is 8.06. The van der Waals surface area contributed by atoms with Gasteiger partial charge in [-0.15, -0.1) is 0 Å². The summed E-state index contributed by atoms with van der Waals surface area (Å²) < 4.78 is 19.7. The predicted molar refractivity (Wildman–Crippen MR) is 83.9 cm³/mol. The van der Waals surface area contributed by atoms with E-state index in [1.165, 1.54) is 0 Å². The van der Waals surface area contributed by atoms with Crippen molar-refractivity contribution in [3.05, 3.63) is 5.21 Å². The zero-order valence-corrected chi connectivity index (χ0v) is 14.7. The summed E-state index contributed by atoms with van der Waals surface area (Å²) in [5.74, 6) is -2.51. The van der Waals surface area contributed by atoms with E-state index in [0.29, 0.717) is 0 Å². The van der Waals surface area contributed by atoms with Gasteiger partial charge in [-0.2, -0.15) is 0 Å². The van der Waals surface area contributed by atoms with E-state index in [1.807, 2.05) is 0 Å². The molecule has 0 saturated carbocycles. The second kappa shape index (κ2) is 10.1. The van der Waals surface area contributed by atoms with E-state index >= 15 is 0 Å². The first-order valence-corrected chi connectivity index (χ1v) is 8.51. The highest BCUT2D eigenvalue weighted by Crippen LogP contribution is 2.24. The average Bonchev–Trinajstić information content (AvgIpc) is 3.03. The minimum Gasteiger partial charge on any atom is -0.762 e. The third-order valence-corrected chi connectivity index (χ3v) is 4.22. The van der Waals surface area contributed by atoms with Crippen molar-refractivity contribution in [3.8, 4) is 0 Å². The molecule has 0 bridgehead atoms. The Hall–Kier alpha value is -1.87. The summed E-state index contributed by atoms with van der Waals surface area (Å²) in [7, 11) is 0. The number of ether oxygens (including phenoxy) is 4. The molecule has 0 radical (unpaired) electrons. The lowest BCUT2D eigenvalue weighted by molar-refractivity contribution is -0.293. The molecule has 0 aliphatic carbocycles. The molecule has 0 aromatic carbocycles. The predicted octanol–water partition coefficient (Wildman–Crippen LogP) is -2.59. The molecule has 0 unspecified atom stereocenters. The third-order valence-electron chi connectivity index (χ3n) is 4.22. The monoisotopic (exact) mass is 408 g/mol. The van der Waals surface area contributed by atoms with E-state index in [1.54, 1.807) is 0 Å². The van der Waals surface area contributed by atoms with E-state index in [9.17, 15) is 34.9 Å². The third kappa shape index (κ3) is 6.34. The summed E-state index contributed by atoms with van der Waals surface area (Å²) in [6.07, 6.45) is -8.67. The van der Waals surface area contributed by atoms with Gasteiger partial charge in [-0.1, -0.05) is 0 Å². The number of hydrogen-bond donors (Lipinski definition) is 4. The number of aliphatic hydroxyl groups excluding tert-OH is 3. The zero-order chi connectivity index (χ0) is 20.8. The normalized spacial score (nSPS) is 32.9. The Morgan fingerprint density at radius 1 is 1.18 bits per heavy atom. The number of rotatable bonds is 8. The van der Waals surface area contributed by atoms with Crippen LogP contribution in [0.1, 0.15) is 19.3 Å². The highest BCUT2D eigenvalue weighted by atomic mass is 16.8. The molecule has 2 aliphatic heterocycles. The van der Waals surface area contributed by atoms with Crippen LogP contribution in [0.2, 0.25) is 0 Å². The standard InChI is InChI=1S/C15H22NO12/c17-9(1-2-16(23)24)26-6-8-12(20)13(21)14(22)15(27-8)28-11(19)4-7-3-10(18)25-5-7/h7-8,12-15,20-23H,1-6H2/q-1/t7-,8+,12+,13-,14+,15-/m0/s1. The number of aliphatic hydroxyl groups is 3. The van der Waals surface area contributed by atoms with Crippen molar-refractivity contribution in [2.24, 2.45) is 5.92 Å². The van der Waals surface area contributed by atoms with Gasteiger partial charge in [0.25, 0.3) is 0 Å². The molecule has 0 aromatic rings. The maximum atomic E-state index is 12.0. The number of carbonyl (C=O) groups excluding carboxylic acids is 3. The maximum absolute atomic E-state index is 12.0. The summed E-state index contributed by atoms with van der Waals surface area (Å²) in [6, 6.07) is 0. The highest BCUT2D eigenvalue weighted by molar-refractivity contribution is 5.75. The van der Waals surface area contributed by atoms with Crippen LogP contribution in [0.3, 0.4) is 0 Å². The van der Waals surface area contributed by atoms with Crippen molar-refractivity contribution in [3.63, 3.8) is 0 Å². The average molecular weight is 408 g/mol.